The number of alkyl halides is 3. The second kappa shape index (κ2) is 7.78. The molecule has 27 heavy (non-hydrogen) atoms. The number of nitrogens with zero attached hydrogens (tertiary/aromatic N) is 2. The molecule has 3 rings (SSSR count). The molecule has 144 valence electrons. The van der Waals surface area contributed by atoms with Crippen molar-refractivity contribution in [2.24, 2.45) is 0 Å². The van der Waals surface area contributed by atoms with Crippen molar-refractivity contribution >= 4 is 6.09 Å². The van der Waals surface area contributed by atoms with Crippen LogP contribution in [-0.2, 0) is 22.6 Å². The Morgan fingerprint density at radius 1 is 1.19 bits per heavy atom. The van der Waals surface area contributed by atoms with E-state index in [4.69, 9.17) is 9.62 Å². The standard InChI is InChI=1S/C17H14F4N2O4/c18-11-2-4-13(5-3-11)26-15-8-12(22-9-14(15)17(19,20)21)10-25-27-16(24)23-6-1-7-23/h2-5,8-9H,1,6-7,10H2. The number of pyridine rings is 1. The van der Waals surface area contributed by atoms with E-state index in [9.17, 15) is 22.4 Å². The first-order valence-corrected chi connectivity index (χ1v) is 7.91. The van der Waals surface area contributed by atoms with Gasteiger partial charge in [0.1, 0.15) is 29.5 Å². The maximum atomic E-state index is 13.2. The minimum atomic E-state index is -4.70. The molecule has 1 aliphatic rings. The molecule has 1 amide bonds. The molecular formula is C17H14F4N2O4. The predicted octanol–water partition coefficient (Wildman–Crippen LogP) is 4.31. The summed E-state index contributed by atoms with van der Waals surface area (Å²) in [5.41, 5.74) is -1.05. The second-order valence-corrected chi connectivity index (χ2v) is 5.68. The second-order valence-electron chi connectivity index (χ2n) is 5.68. The Kier molecular flexibility index (Phi) is 5.45. The van der Waals surface area contributed by atoms with Crippen LogP contribution in [0.5, 0.6) is 11.5 Å². The van der Waals surface area contributed by atoms with Crippen molar-refractivity contribution in [3.05, 3.63) is 53.6 Å². The number of carbonyl (C=O) groups excluding carboxylic acids is 1. The summed E-state index contributed by atoms with van der Waals surface area (Å²) in [6, 6.07) is 5.53. The minimum Gasteiger partial charge on any atom is -0.457 e. The van der Waals surface area contributed by atoms with Crippen LogP contribution in [0.25, 0.3) is 0 Å². The number of benzene rings is 1. The van der Waals surface area contributed by atoms with Gasteiger partial charge in [0.2, 0.25) is 0 Å². The molecule has 0 aliphatic carbocycles. The van der Waals surface area contributed by atoms with Crippen molar-refractivity contribution < 1.29 is 36.9 Å². The third-order valence-electron chi connectivity index (χ3n) is 3.72. The molecule has 0 bridgehead atoms. The number of carbonyl (C=O) groups is 1. The predicted molar refractivity (Wildman–Crippen MR) is 83.2 cm³/mol. The number of hydrogen-bond acceptors (Lipinski definition) is 5. The molecule has 2 heterocycles. The van der Waals surface area contributed by atoms with Gasteiger partial charge in [-0.25, -0.2) is 9.18 Å². The highest BCUT2D eigenvalue weighted by molar-refractivity contribution is 5.67. The topological polar surface area (TPSA) is 60.9 Å². The number of ether oxygens (including phenoxy) is 1. The Hall–Kier alpha value is -2.88. The average Bonchev–Trinajstić information content (AvgIpc) is 2.54. The van der Waals surface area contributed by atoms with Gasteiger partial charge >= 0.3 is 12.3 Å². The number of rotatable bonds is 5. The molecule has 1 saturated heterocycles. The molecule has 0 radical (unpaired) electrons. The van der Waals surface area contributed by atoms with Crippen LogP contribution in [0.2, 0.25) is 0 Å². The van der Waals surface area contributed by atoms with Crippen molar-refractivity contribution in [3.8, 4) is 11.5 Å². The van der Waals surface area contributed by atoms with Crippen LogP contribution in [0.1, 0.15) is 17.7 Å². The van der Waals surface area contributed by atoms with E-state index >= 15 is 0 Å². The largest absolute Gasteiger partial charge is 0.457 e. The maximum absolute atomic E-state index is 13.2. The monoisotopic (exact) mass is 386 g/mol. The van der Waals surface area contributed by atoms with Crippen LogP contribution in [0.4, 0.5) is 22.4 Å². The highest BCUT2D eigenvalue weighted by Gasteiger charge is 2.35. The van der Waals surface area contributed by atoms with Gasteiger partial charge in [-0.3, -0.25) is 9.87 Å². The lowest BCUT2D eigenvalue weighted by molar-refractivity contribution is -0.258. The molecule has 1 aromatic carbocycles. The Morgan fingerprint density at radius 3 is 2.48 bits per heavy atom. The molecule has 1 aliphatic heterocycles. The first kappa shape index (κ1) is 18.9. The highest BCUT2D eigenvalue weighted by Crippen LogP contribution is 2.38. The number of halogens is 4. The van der Waals surface area contributed by atoms with E-state index in [1.54, 1.807) is 0 Å². The fourth-order valence-corrected chi connectivity index (χ4v) is 2.18. The molecule has 1 aromatic heterocycles. The van der Waals surface area contributed by atoms with Gasteiger partial charge in [-0.05, 0) is 30.7 Å². The van der Waals surface area contributed by atoms with Crippen molar-refractivity contribution in [2.75, 3.05) is 13.1 Å². The van der Waals surface area contributed by atoms with Crippen LogP contribution in [0.15, 0.2) is 36.5 Å². The van der Waals surface area contributed by atoms with E-state index in [1.165, 1.54) is 17.0 Å². The molecule has 0 spiro atoms. The van der Waals surface area contributed by atoms with E-state index < -0.39 is 29.4 Å². The van der Waals surface area contributed by atoms with Gasteiger partial charge in [0.25, 0.3) is 0 Å². The Bertz CT molecular complexity index is 808. The Labute approximate surface area is 151 Å². The van der Waals surface area contributed by atoms with Crippen molar-refractivity contribution in [1.82, 2.24) is 9.88 Å². The first-order chi connectivity index (χ1) is 12.8. The SMILES string of the molecule is O=C(OOCc1cc(Oc2ccc(F)cc2)c(C(F)(F)F)cn1)N1CCC1. The summed E-state index contributed by atoms with van der Waals surface area (Å²) in [6.45, 7) is 0.768. The lowest BCUT2D eigenvalue weighted by atomic mass is 10.2. The summed E-state index contributed by atoms with van der Waals surface area (Å²) < 4.78 is 57.6. The van der Waals surface area contributed by atoms with Gasteiger partial charge in [-0.1, -0.05) is 0 Å². The van der Waals surface area contributed by atoms with E-state index in [0.717, 1.165) is 24.6 Å². The summed E-state index contributed by atoms with van der Waals surface area (Å²) in [5, 5.41) is 0. The van der Waals surface area contributed by atoms with E-state index in [1.807, 2.05) is 0 Å². The molecule has 0 unspecified atom stereocenters. The van der Waals surface area contributed by atoms with Gasteiger partial charge in [0.15, 0.2) is 0 Å². The molecule has 0 saturated carbocycles. The van der Waals surface area contributed by atoms with Crippen LogP contribution in [-0.4, -0.2) is 29.1 Å². The molecular weight excluding hydrogens is 372 g/mol. The van der Waals surface area contributed by atoms with Gasteiger partial charge in [0, 0.05) is 25.4 Å². The third kappa shape index (κ3) is 4.85. The fraction of sp³-hybridized carbons (Fsp3) is 0.294. The Morgan fingerprint density at radius 2 is 1.89 bits per heavy atom. The van der Waals surface area contributed by atoms with Crippen LogP contribution in [0.3, 0.4) is 0 Å². The number of hydrogen-bond donors (Lipinski definition) is 0. The fourth-order valence-electron chi connectivity index (χ4n) is 2.18. The molecule has 6 nitrogen and oxygen atoms in total. The molecule has 10 heteroatoms. The number of amides is 1. The van der Waals surface area contributed by atoms with E-state index in [2.05, 4.69) is 9.87 Å². The summed E-state index contributed by atoms with van der Waals surface area (Å²) in [4.78, 5) is 25.9. The van der Waals surface area contributed by atoms with Gasteiger partial charge in [-0.2, -0.15) is 18.1 Å². The first-order valence-electron chi connectivity index (χ1n) is 7.91. The smallest absolute Gasteiger partial charge is 0.441 e. The lowest BCUT2D eigenvalue weighted by Crippen LogP contribution is -2.42. The maximum Gasteiger partial charge on any atom is 0.441 e. The Balaban J connectivity index is 1.71. The van der Waals surface area contributed by atoms with E-state index in [-0.39, 0.29) is 18.1 Å². The molecule has 0 atom stereocenters. The van der Waals surface area contributed by atoms with E-state index in [0.29, 0.717) is 19.3 Å². The van der Waals surface area contributed by atoms with Crippen molar-refractivity contribution in [2.45, 2.75) is 19.2 Å². The summed E-state index contributed by atoms with van der Waals surface area (Å²) in [5.74, 6) is -1.06. The highest BCUT2D eigenvalue weighted by atomic mass is 19.4. The van der Waals surface area contributed by atoms with Crippen LogP contribution in [0, 0.1) is 5.82 Å². The van der Waals surface area contributed by atoms with Crippen LogP contribution >= 0.6 is 0 Å². The normalized spacial score (nSPS) is 13.9. The van der Waals surface area contributed by atoms with Crippen LogP contribution < -0.4 is 4.74 Å². The zero-order valence-corrected chi connectivity index (χ0v) is 13.8. The van der Waals surface area contributed by atoms with Gasteiger partial charge < -0.3 is 9.64 Å². The molecule has 0 N–H and O–H groups in total. The van der Waals surface area contributed by atoms with Gasteiger partial charge in [-0.15, -0.1) is 0 Å². The third-order valence-corrected chi connectivity index (χ3v) is 3.72. The molecule has 1 fully saturated rings. The lowest BCUT2D eigenvalue weighted by Gasteiger charge is -2.28. The summed E-state index contributed by atoms with van der Waals surface area (Å²) in [7, 11) is 0. The number of likely N-dealkylation sites (tertiary alicyclic amines) is 1. The van der Waals surface area contributed by atoms with Crippen molar-refractivity contribution in [3.63, 3.8) is 0 Å². The zero-order chi connectivity index (χ0) is 19.4. The summed E-state index contributed by atoms with van der Waals surface area (Å²) in [6.07, 6.45) is -3.91. The molecule has 2 aromatic rings. The quantitative estimate of drug-likeness (QED) is 0.436. The minimum absolute atomic E-state index is 0.0178. The zero-order valence-electron chi connectivity index (χ0n) is 13.8. The average molecular weight is 386 g/mol. The summed E-state index contributed by atoms with van der Waals surface area (Å²) >= 11 is 0. The van der Waals surface area contributed by atoms with Gasteiger partial charge in [0.05, 0.1) is 5.69 Å². The van der Waals surface area contributed by atoms with Crippen molar-refractivity contribution in [1.29, 1.82) is 0 Å². The number of aromatic nitrogens is 1.